The minimum Gasteiger partial charge on any atom is -0.335 e. The third kappa shape index (κ3) is 3.22. The van der Waals surface area contributed by atoms with E-state index in [2.05, 4.69) is 18.2 Å². The second-order valence-electron chi connectivity index (χ2n) is 8.55. The molecule has 5 rings (SSSR count). The number of amides is 1. The van der Waals surface area contributed by atoms with Gasteiger partial charge in [0.1, 0.15) is 5.82 Å². The van der Waals surface area contributed by atoms with Crippen molar-refractivity contribution in [3.63, 3.8) is 0 Å². The molecule has 0 bridgehead atoms. The van der Waals surface area contributed by atoms with E-state index in [9.17, 15) is 9.59 Å². The van der Waals surface area contributed by atoms with Gasteiger partial charge in [0.15, 0.2) is 0 Å². The second kappa shape index (κ2) is 7.71. The van der Waals surface area contributed by atoms with Crippen molar-refractivity contribution < 1.29 is 4.79 Å². The summed E-state index contributed by atoms with van der Waals surface area (Å²) in [7, 11) is 1.88. The fourth-order valence-electron chi connectivity index (χ4n) is 5.01. The maximum Gasteiger partial charge on any atom is 0.261 e. The monoisotopic (exact) mass is 401 g/mol. The molecule has 1 atom stereocenters. The van der Waals surface area contributed by atoms with Crippen molar-refractivity contribution in [1.29, 1.82) is 0 Å². The Bertz CT molecular complexity index is 1180. The summed E-state index contributed by atoms with van der Waals surface area (Å²) < 4.78 is 1.84. The van der Waals surface area contributed by atoms with Crippen LogP contribution in [-0.4, -0.2) is 27.4 Å². The lowest BCUT2D eigenvalue weighted by Crippen LogP contribution is -2.30. The van der Waals surface area contributed by atoms with Gasteiger partial charge in [-0.15, -0.1) is 0 Å². The van der Waals surface area contributed by atoms with E-state index >= 15 is 0 Å². The molecule has 0 fully saturated rings. The van der Waals surface area contributed by atoms with Gasteiger partial charge in [0.25, 0.3) is 11.5 Å². The molecule has 0 radical (unpaired) electrons. The van der Waals surface area contributed by atoms with Crippen LogP contribution >= 0.6 is 0 Å². The van der Waals surface area contributed by atoms with Crippen molar-refractivity contribution in [2.45, 2.75) is 57.5 Å². The Balaban J connectivity index is 1.49. The molecule has 30 heavy (non-hydrogen) atoms. The summed E-state index contributed by atoms with van der Waals surface area (Å²) in [5, 5.41) is 0.602. The number of hydrogen-bond acceptors (Lipinski definition) is 3. The average molecular weight is 402 g/mol. The predicted octanol–water partition coefficient (Wildman–Crippen LogP) is 4.27. The first-order valence-corrected chi connectivity index (χ1v) is 11.0. The third-order valence-electron chi connectivity index (χ3n) is 6.70. The Morgan fingerprint density at radius 3 is 2.80 bits per heavy atom. The number of nitrogens with zero attached hydrogens (tertiary/aromatic N) is 3. The van der Waals surface area contributed by atoms with Gasteiger partial charge in [0.2, 0.25) is 0 Å². The van der Waals surface area contributed by atoms with E-state index in [-0.39, 0.29) is 17.5 Å². The first-order valence-electron chi connectivity index (χ1n) is 11.0. The van der Waals surface area contributed by atoms with Gasteiger partial charge < -0.3 is 4.90 Å². The zero-order valence-corrected chi connectivity index (χ0v) is 17.4. The lowest BCUT2D eigenvalue weighted by molar-refractivity contribution is 0.0730. The van der Waals surface area contributed by atoms with Crippen molar-refractivity contribution in [3.05, 3.63) is 75.3 Å². The molecule has 1 aliphatic carbocycles. The van der Waals surface area contributed by atoms with Crippen LogP contribution in [0.3, 0.4) is 0 Å². The van der Waals surface area contributed by atoms with Gasteiger partial charge in [-0.1, -0.05) is 37.1 Å². The fourth-order valence-corrected chi connectivity index (χ4v) is 5.01. The van der Waals surface area contributed by atoms with Crippen LogP contribution in [0.4, 0.5) is 0 Å². The highest BCUT2D eigenvalue weighted by Crippen LogP contribution is 2.35. The number of benzene rings is 2. The smallest absolute Gasteiger partial charge is 0.261 e. The number of rotatable bonds is 2. The van der Waals surface area contributed by atoms with Crippen molar-refractivity contribution in [2.24, 2.45) is 0 Å². The molecule has 0 N–H and O–H groups in total. The Morgan fingerprint density at radius 2 is 1.90 bits per heavy atom. The molecule has 1 aliphatic heterocycles. The molecular formula is C25H27N3O2. The molecule has 1 unspecified atom stereocenters. The van der Waals surface area contributed by atoms with Crippen LogP contribution in [0.5, 0.6) is 0 Å². The maximum atomic E-state index is 13.3. The fraction of sp³-hybridized carbons (Fsp3) is 0.400. The molecule has 154 valence electrons. The first-order chi connectivity index (χ1) is 14.6. The normalized spacial score (nSPS) is 18.4. The molecule has 1 amide bonds. The van der Waals surface area contributed by atoms with Gasteiger partial charge >= 0.3 is 0 Å². The van der Waals surface area contributed by atoms with Gasteiger partial charge in [0, 0.05) is 25.6 Å². The molecule has 1 aromatic heterocycles. The Kier molecular flexibility index (Phi) is 4.89. The van der Waals surface area contributed by atoms with E-state index in [1.807, 2.05) is 22.6 Å². The van der Waals surface area contributed by atoms with Gasteiger partial charge in [-0.05, 0) is 55.0 Å². The van der Waals surface area contributed by atoms with E-state index in [4.69, 9.17) is 4.98 Å². The highest BCUT2D eigenvalue weighted by Gasteiger charge is 2.29. The molecular weight excluding hydrogens is 374 g/mol. The van der Waals surface area contributed by atoms with E-state index in [1.54, 1.807) is 18.2 Å². The van der Waals surface area contributed by atoms with Crippen LogP contribution in [-0.2, 0) is 19.4 Å². The van der Waals surface area contributed by atoms with Crippen LogP contribution in [0, 0.1) is 0 Å². The van der Waals surface area contributed by atoms with Crippen molar-refractivity contribution in [1.82, 2.24) is 14.5 Å². The van der Waals surface area contributed by atoms with E-state index < -0.39 is 0 Å². The summed E-state index contributed by atoms with van der Waals surface area (Å²) >= 11 is 0. The molecule has 5 nitrogen and oxygen atoms in total. The summed E-state index contributed by atoms with van der Waals surface area (Å²) in [5.41, 5.74) is 3.82. The molecule has 3 aromatic rings. The number of carbonyl (C=O) groups excluding carboxylic acids is 1. The Labute approximate surface area is 176 Å². The molecule has 0 spiro atoms. The number of carbonyl (C=O) groups is 1. The largest absolute Gasteiger partial charge is 0.335 e. The first kappa shape index (κ1) is 19.0. The summed E-state index contributed by atoms with van der Waals surface area (Å²) in [5.74, 6) is 0.835. The molecule has 2 aromatic carbocycles. The number of fused-ring (bicyclic) bond motifs is 3. The summed E-state index contributed by atoms with van der Waals surface area (Å²) in [4.78, 5) is 32.9. The topological polar surface area (TPSA) is 55.2 Å². The minimum atomic E-state index is -0.0211. The molecule has 5 heteroatoms. The highest BCUT2D eigenvalue weighted by atomic mass is 16.2. The molecule has 0 saturated carbocycles. The average Bonchev–Trinajstić information content (AvgIpc) is 3.18. The quantitative estimate of drug-likeness (QED) is 0.644. The summed E-state index contributed by atoms with van der Waals surface area (Å²) in [6.07, 6.45) is 7.18. The number of aromatic nitrogens is 2. The zero-order chi connectivity index (χ0) is 20.7. The highest BCUT2D eigenvalue weighted by molar-refractivity contribution is 5.97. The third-order valence-corrected chi connectivity index (χ3v) is 6.70. The Hall–Kier alpha value is -2.95. The van der Waals surface area contributed by atoms with E-state index in [1.165, 1.54) is 17.5 Å². The maximum absolute atomic E-state index is 13.3. The number of hydrogen-bond donors (Lipinski definition) is 0. The lowest BCUT2D eigenvalue weighted by Gasteiger charge is -2.25. The molecule has 2 heterocycles. The predicted molar refractivity (Wildman–Crippen MR) is 118 cm³/mol. The van der Waals surface area contributed by atoms with Crippen molar-refractivity contribution >= 4 is 16.8 Å². The SMILES string of the molecule is CN(C(=O)c1ccc2c(=O)n3c(nc2c1)CCCCCC3)C1CCc2ccccc21. The molecule has 2 aliphatic rings. The van der Waals surface area contributed by atoms with Gasteiger partial charge in [-0.25, -0.2) is 4.98 Å². The van der Waals surface area contributed by atoms with E-state index in [0.29, 0.717) is 16.5 Å². The van der Waals surface area contributed by atoms with Crippen molar-refractivity contribution in [2.75, 3.05) is 7.05 Å². The summed E-state index contributed by atoms with van der Waals surface area (Å²) in [6.45, 7) is 0.738. The zero-order valence-electron chi connectivity index (χ0n) is 17.4. The van der Waals surface area contributed by atoms with Crippen LogP contribution in [0.25, 0.3) is 10.9 Å². The van der Waals surface area contributed by atoms with Crippen LogP contribution < -0.4 is 5.56 Å². The van der Waals surface area contributed by atoms with Crippen molar-refractivity contribution in [3.8, 4) is 0 Å². The van der Waals surface area contributed by atoms with Crippen LogP contribution in [0.2, 0.25) is 0 Å². The van der Waals surface area contributed by atoms with Crippen LogP contribution in [0.1, 0.15) is 65.5 Å². The standard InChI is InChI=1S/C25H27N3O2/c1-27(22-14-12-17-8-5-6-9-19(17)22)24(29)18-11-13-20-21(16-18)26-23-10-4-2-3-7-15-28(23)25(20)30/h5-6,8-9,11,13,16,22H,2-4,7,10,12,14-15H2,1H3. The summed E-state index contributed by atoms with van der Waals surface area (Å²) in [6, 6.07) is 13.8. The Morgan fingerprint density at radius 1 is 1.07 bits per heavy atom. The minimum absolute atomic E-state index is 0.0211. The molecule has 0 saturated heterocycles. The lowest BCUT2D eigenvalue weighted by atomic mass is 10.1. The van der Waals surface area contributed by atoms with Gasteiger partial charge in [0.05, 0.1) is 16.9 Å². The number of aryl methyl sites for hydroxylation is 2. The van der Waals surface area contributed by atoms with Crippen LogP contribution in [0.15, 0.2) is 47.3 Å². The second-order valence-corrected chi connectivity index (χ2v) is 8.55. The van der Waals surface area contributed by atoms with Gasteiger partial charge in [-0.3, -0.25) is 14.2 Å². The van der Waals surface area contributed by atoms with Gasteiger partial charge in [-0.2, -0.15) is 0 Å². The van der Waals surface area contributed by atoms with E-state index in [0.717, 1.165) is 50.9 Å².